The van der Waals surface area contributed by atoms with E-state index in [0.717, 1.165) is 0 Å². The number of anilines is 1. The van der Waals surface area contributed by atoms with Crippen LogP contribution in [0.3, 0.4) is 0 Å². The van der Waals surface area contributed by atoms with Crippen LogP contribution in [0, 0.1) is 12.3 Å². The maximum absolute atomic E-state index is 12.3. The highest BCUT2D eigenvalue weighted by atomic mass is 32.2. The van der Waals surface area contributed by atoms with Gasteiger partial charge in [0.05, 0.1) is 11.0 Å². The third-order valence-electron chi connectivity index (χ3n) is 3.49. The molecule has 0 aliphatic rings. The second-order valence-electron chi connectivity index (χ2n) is 6.73. The normalized spacial score (nSPS) is 13.7. The van der Waals surface area contributed by atoms with E-state index in [1.165, 1.54) is 13.0 Å². The van der Waals surface area contributed by atoms with Gasteiger partial charge in [-0.25, -0.2) is 13.1 Å². The molecule has 1 unspecified atom stereocenters. The van der Waals surface area contributed by atoms with Crippen molar-refractivity contribution in [2.75, 3.05) is 11.9 Å². The van der Waals surface area contributed by atoms with Crippen LogP contribution in [-0.2, 0) is 14.8 Å². The summed E-state index contributed by atoms with van der Waals surface area (Å²) in [6.45, 7) is 8.92. The van der Waals surface area contributed by atoms with Gasteiger partial charge in [0.15, 0.2) is 0 Å². The minimum Gasteiger partial charge on any atom is -0.393 e. The van der Waals surface area contributed by atoms with Gasteiger partial charge >= 0.3 is 0 Å². The van der Waals surface area contributed by atoms with Gasteiger partial charge in [0.25, 0.3) is 0 Å². The molecule has 0 fully saturated rings. The molecule has 0 spiro atoms. The Labute approximate surface area is 138 Å². The van der Waals surface area contributed by atoms with Crippen molar-refractivity contribution in [1.82, 2.24) is 4.72 Å². The molecule has 0 aliphatic carbocycles. The largest absolute Gasteiger partial charge is 0.393 e. The van der Waals surface area contributed by atoms with Crippen molar-refractivity contribution in [3.05, 3.63) is 23.8 Å². The first-order valence-electron chi connectivity index (χ1n) is 7.49. The number of aliphatic hydroxyl groups excluding tert-OH is 1. The van der Waals surface area contributed by atoms with Crippen molar-refractivity contribution in [2.45, 2.75) is 52.0 Å². The predicted molar refractivity (Wildman–Crippen MR) is 90.8 cm³/mol. The maximum Gasteiger partial charge on any atom is 0.240 e. The summed E-state index contributed by atoms with van der Waals surface area (Å²) in [4.78, 5) is 11.2. The van der Waals surface area contributed by atoms with Crippen molar-refractivity contribution in [2.24, 2.45) is 5.41 Å². The first kappa shape index (κ1) is 19.6. The molecule has 130 valence electrons. The number of hydrogen-bond acceptors (Lipinski definition) is 4. The van der Waals surface area contributed by atoms with Gasteiger partial charge in [-0.05, 0) is 42.5 Å². The summed E-state index contributed by atoms with van der Waals surface area (Å²) in [6.07, 6.45) is -0.250. The monoisotopic (exact) mass is 342 g/mol. The van der Waals surface area contributed by atoms with Gasteiger partial charge < -0.3 is 10.4 Å². The summed E-state index contributed by atoms with van der Waals surface area (Å²) < 4.78 is 27.2. The van der Waals surface area contributed by atoms with Crippen LogP contribution in [0.4, 0.5) is 5.69 Å². The standard InChI is InChI=1S/C16H26N2O4S/c1-11-10-13(18-12(2)19)6-7-14(11)23(21,22)17-9-8-15(20)16(3,4)5/h6-7,10,15,17,20H,8-9H2,1-5H3,(H,18,19). The maximum atomic E-state index is 12.3. The van der Waals surface area contributed by atoms with Crippen molar-refractivity contribution in [3.63, 3.8) is 0 Å². The van der Waals surface area contributed by atoms with Gasteiger partial charge in [-0.2, -0.15) is 0 Å². The summed E-state index contributed by atoms with van der Waals surface area (Å²) >= 11 is 0. The smallest absolute Gasteiger partial charge is 0.240 e. The topological polar surface area (TPSA) is 95.5 Å². The molecular formula is C16H26N2O4S. The van der Waals surface area contributed by atoms with Crippen LogP contribution in [0.25, 0.3) is 0 Å². The number of sulfonamides is 1. The summed E-state index contributed by atoms with van der Waals surface area (Å²) in [5.41, 5.74) is 0.804. The Bertz CT molecular complexity index is 663. The van der Waals surface area contributed by atoms with Crippen LogP contribution >= 0.6 is 0 Å². The highest BCUT2D eigenvalue weighted by Crippen LogP contribution is 2.22. The predicted octanol–water partition coefficient (Wildman–Crippen LogP) is 2.03. The average molecular weight is 342 g/mol. The van der Waals surface area contributed by atoms with Crippen LogP contribution in [0.15, 0.2) is 23.1 Å². The van der Waals surface area contributed by atoms with Crippen LogP contribution in [0.5, 0.6) is 0 Å². The molecule has 6 nitrogen and oxygen atoms in total. The van der Waals surface area contributed by atoms with Gasteiger partial charge in [0, 0.05) is 19.2 Å². The van der Waals surface area contributed by atoms with E-state index in [-0.39, 0.29) is 22.8 Å². The van der Waals surface area contributed by atoms with Crippen molar-refractivity contribution in [3.8, 4) is 0 Å². The summed E-state index contributed by atoms with van der Waals surface area (Å²) in [7, 11) is -3.65. The van der Waals surface area contributed by atoms with E-state index >= 15 is 0 Å². The van der Waals surface area contributed by atoms with Gasteiger partial charge in [0.1, 0.15) is 0 Å². The van der Waals surface area contributed by atoms with Gasteiger partial charge in [-0.3, -0.25) is 4.79 Å². The lowest BCUT2D eigenvalue weighted by atomic mass is 9.87. The van der Waals surface area contributed by atoms with Crippen LogP contribution in [0.1, 0.15) is 39.7 Å². The molecule has 1 amide bonds. The number of aryl methyl sites for hydroxylation is 1. The van der Waals surface area contributed by atoms with E-state index in [0.29, 0.717) is 17.7 Å². The summed E-state index contributed by atoms with van der Waals surface area (Å²) in [5.74, 6) is -0.214. The van der Waals surface area contributed by atoms with Crippen molar-refractivity contribution >= 4 is 21.6 Å². The molecule has 0 radical (unpaired) electrons. The quantitative estimate of drug-likeness (QED) is 0.737. The van der Waals surface area contributed by atoms with Crippen molar-refractivity contribution < 1.29 is 18.3 Å². The Kier molecular flexibility index (Phi) is 6.33. The van der Waals surface area contributed by atoms with Crippen LogP contribution < -0.4 is 10.0 Å². The Balaban J connectivity index is 2.79. The molecule has 1 aromatic carbocycles. The Morgan fingerprint density at radius 1 is 1.30 bits per heavy atom. The Hall–Kier alpha value is -1.44. The van der Waals surface area contributed by atoms with Gasteiger partial charge in [-0.1, -0.05) is 20.8 Å². The Morgan fingerprint density at radius 3 is 2.39 bits per heavy atom. The number of benzene rings is 1. The molecule has 0 heterocycles. The first-order chi connectivity index (χ1) is 10.4. The zero-order chi connectivity index (χ0) is 17.8. The van der Waals surface area contributed by atoms with E-state index in [1.54, 1.807) is 19.1 Å². The third kappa shape index (κ3) is 5.93. The second-order valence-corrected chi connectivity index (χ2v) is 8.47. The van der Waals surface area contributed by atoms with Crippen molar-refractivity contribution in [1.29, 1.82) is 0 Å². The second kappa shape index (κ2) is 7.42. The highest BCUT2D eigenvalue weighted by molar-refractivity contribution is 7.89. The van der Waals surface area contributed by atoms with Gasteiger partial charge in [0.2, 0.25) is 15.9 Å². The molecule has 0 aromatic heterocycles. The number of carbonyl (C=O) groups is 1. The fraction of sp³-hybridized carbons (Fsp3) is 0.562. The zero-order valence-corrected chi connectivity index (χ0v) is 15.1. The third-order valence-corrected chi connectivity index (χ3v) is 5.12. The Morgan fingerprint density at radius 2 is 1.91 bits per heavy atom. The van der Waals surface area contributed by atoms with E-state index in [4.69, 9.17) is 0 Å². The molecule has 0 saturated heterocycles. The molecule has 1 aromatic rings. The number of amides is 1. The number of aliphatic hydroxyl groups is 1. The molecule has 0 bridgehead atoms. The van der Waals surface area contributed by atoms with Crippen LogP contribution in [-0.4, -0.2) is 32.1 Å². The van der Waals surface area contributed by atoms with E-state index in [9.17, 15) is 18.3 Å². The molecule has 1 rings (SSSR count). The minimum absolute atomic E-state index is 0.160. The lowest BCUT2D eigenvalue weighted by molar-refractivity contribution is -0.114. The number of rotatable bonds is 6. The molecule has 0 saturated carbocycles. The van der Waals surface area contributed by atoms with Crippen LogP contribution in [0.2, 0.25) is 0 Å². The first-order valence-corrected chi connectivity index (χ1v) is 8.98. The lowest BCUT2D eigenvalue weighted by Gasteiger charge is -2.25. The molecular weight excluding hydrogens is 316 g/mol. The van der Waals surface area contributed by atoms with E-state index in [1.807, 2.05) is 20.8 Å². The SMILES string of the molecule is CC(=O)Nc1ccc(S(=O)(=O)NCCC(O)C(C)(C)C)c(C)c1. The van der Waals surface area contributed by atoms with E-state index < -0.39 is 16.1 Å². The highest BCUT2D eigenvalue weighted by Gasteiger charge is 2.23. The number of carbonyl (C=O) groups excluding carboxylic acids is 1. The molecule has 1 atom stereocenters. The zero-order valence-electron chi connectivity index (χ0n) is 14.3. The fourth-order valence-corrected chi connectivity index (χ4v) is 3.34. The van der Waals surface area contributed by atoms with E-state index in [2.05, 4.69) is 10.0 Å². The minimum atomic E-state index is -3.65. The summed E-state index contributed by atoms with van der Waals surface area (Å²) in [5, 5.41) is 12.6. The molecule has 7 heteroatoms. The molecule has 0 aliphatic heterocycles. The number of hydrogen-bond donors (Lipinski definition) is 3. The lowest BCUT2D eigenvalue weighted by Crippen LogP contribution is -2.32. The summed E-state index contributed by atoms with van der Waals surface area (Å²) in [6, 6.07) is 4.62. The van der Waals surface area contributed by atoms with Gasteiger partial charge in [-0.15, -0.1) is 0 Å². The number of nitrogens with one attached hydrogen (secondary N) is 2. The molecule has 3 N–H and O–H groups in total. The fourth-order valence-electron chi connectivity index (χ4n) is 2.07. The molecule has 23 heavy (non-hydrogen) atoms. The average Bonchev–Trinajstić information content (AvgIpc) is 2.36.